The lowest BCUT2D eigenvalue weighted by atomic mass is 10.4. The molecule has 0 aliphatic heterocycles. The van der Waals surface area contributed by atoms with E-state index in [-0.39, 0.29) is 11.5 Å². The molecule has 0 saturated heterocycles. The van der Waals surface area contributed by atoms with Crippen molar-refractivity contribution in [2.45, 2.75) is 91.1 Å². The second kappa shape index (κ2) is 21.8. The topological polar surface area (TPSA) is 127 Å². The number of rotatable bonds is 19. The van der Waals surface area contributed by atoms with Crippen LogP contribution in [0.25, 0.3) is 0 Å². The minimum atomic E-state index is -1.07. The van der Waals surface area contributed by atoms with E-state index in [1.54, 1.807) is 24.6 Å². The molecular weight excluding hydrogens is 451 g/mol. The van der Waals surface area contributed by atoms with Crippen molar-refractivity contribution in [1.29, 1.82) is 0 Å². The fourth-order valence-corrected chi connectivity index (χ4v) is 10.5. The molecule has 0 unspecified atom stereocenters. The molecule has 0 radical (unpaired) electrons. The maximum absolute atomic E-state index is 10.3. The van der Waals surface area contributed by atoms with Gasteiger partial charge in [0.1, 0.15) is 12.1 Å². The second-order valence-corrected chi connectivity index (χ2v) is 15.1. The summed E-state index contributed by atoms with van der Waals surface area (Å²) in [6, 6.07) is -1.85. The third-order valence-corrected chi connectivity index (χ3v) is 12.7. The number of carboxylic acids is 2. The van der Waals surface area contributed by atoms with Gasteiger partial charge in [-0.1, -0.05) is 75.0 Å². The molecule has 0 amide bonds. The first-order valence-electron chi connectivity index (χ1n) is 11.8. The van der Waals surface area contributed by atoms with Gasteiger partial charge in [-0.2, -0.15) is 0 Å². The molecule has 0 fully saturated rings. The first kappa shape index (κ1) is 33.2. The molecule has 0 aliphatic carbocycles. The molecule has 0 aromatic rings. The van der Waals surface area contributed by atoms with Gasteiger partial charge in [-0.3, -0.25) is 9.59 Å². The highest BCUT2D eigenvalue weighted by Crippen LogP contribution is 2.61. The molecule has 6 nitrogen and oxygen atoms in total. The molecule has 9 heteroatoms. The van der Waals surface area contributed by atoms with Crippen molar-refractivity contribution in [2.24, 2.45) is 11.5 Å². The van der Waals surface area contributed by atoms with Crippen LogP contribution >= 0.6 is 28.9 Å². The zero-order valence-corrected chi connectivity index (χ0v) is 22.7. The second-order valence-electron chi connectivity index (χ2n) is 8.11. The van der Waals surface area contributed by atoms with Gasteiger partial charge >= 0.3 is 11.9 Å². The minimum absolute atomic E-state index is 0.229. The van der Waals surface area contributed by atoms with Crippen LogP contribution in [0.1, 0.15) is 79.1 Å². The summed E-state index contributed by atoms with van der Waals surface area (Å²) in [7, 11) is 1.84. The number of hydrogen-bond acceptors (Lipinski definition) is 6. The average molecular weight is 500 g/mol. The Balaban J connectivity index is 0. The van der Waals surface area contributed by atoms with E-state index in [0.29, 0.717) is 0 Å². The zero-order valence-electron chi connectivity index (χ0n) is 20.2. The number of carbonyl (C=O) groups is 2. The summed E-state index contributed by atoms with van der Waals surface area (Å²) in [6.45, 7) is 9.42. The van der Waals surface area contributed by atoms with Crippen LogP contribution in [0, 0.1) is 0 Å². The molecule has 0 bridgehead atoms. The number of hydrogen-bond donors (Lipinski definition) is 4. The quantitative estimate of drug-likeness (QED) is 0.106. The maximum atomic E-state index is 10.3. The van der Waals surface area contributed by atoms with E-state index in [1.165, 1.54) is 73.0 Å². The average Bonchev–Trinajstić information content (AvgIpc) is 2.75. The van der Waals surface area contributed by atoms with Crippen molar-refractivity contribution in [3.8, 4) is 0 Å². The molecule has 31 heavy (non-hydrogen) atoms. The van der Waals surface area contributed by atoms with Gasteiger partial charge in [-0.15, -0.1) is 0 Å². The molecule has 0 aromatic carbocycles. The number of aliphatic carboxylic acids is 2. The Morgan fingerprint density at radius 3 is 1.13 bits per heavy atom. The monoisotopic (exact) mass is 499 g/mol. The Labute approximate surface area is 199 Å². The summed E-state index contributed by atoms with van der Waals surface area (Å²) >= 11 is 0. The summed E-state index contributed by atoms with van der Waals surface area (Å²) in [6.07, 6.45) is 17.9. The predicted octanol–water partition coefficient (Wildman–Crippen LogP) is 5.40. The maximum Gasteiger partial charge on any atom is 0.321 e. The van der Waals surface area contributed by atoms with Crippen LogP contribution in [0.5, 0.6) is 0 Å². The lowest BCUT2D eigenvalue weighted by molar-refractivity contribution is -0.138. The van der Waals surface area contributed by atoms with Crippen molar-refractivity contribution in [2.75, 3.05) is 36.2 Å². The van der Waals surface area contributed by atoms with Gasteiger partial charge in [0.05, 0.1) is 24.6 Å². The van der Waals surface area contributed by atoms with E-state index in [9.17, 15) is 9.59 Å². The van der Waals surface area contributed by atoms with E-state index in [0.717, 1.165) is 0 Å². The molecule has 0 heterocycles. The fourth-order valence-electron chi connectivity index (χ4n) is 3.03. The third-order valence-electron chi connectivity index (χ3n) is 5.16. The molecule has 186 valence electrons. The lowest BCUT2D eigenvalue weighted by Crippen LogP contribution is -2.33. The zero-order chi connectivity index (χ0) is 24.1. The normalized spacial score (nSPS) is 13.2. The van der Waals surface area contributed by atoms with Crippen molar-refractivity contribution < 1.29 is 19.8 Å². The molecule has 0 aliphatic rings. The Morgan fingerprint density at radius 1 is 0.677 bits per heavy atom. The largest absolute Gasteiger partial charge is 0.480 e. The van der Waals surface area contributed by atoms with Gasteiger partial charge in [0.25, 0.3) is 0 Å². The summed E-state index contributed by atoms with van der Waals surface area (Å²) in [5.74, 6) is -1.68. The minimum Gasteiger partial charge on any atom is -0.480 e. The van der Waals surface area contributed by atoms with E-state index in [1.807, 2.05) is 0 Å². The molecule has 0 spiro atoms. The number of nitrogens with two attached hydrogens (primary N) is 2. The third kappa shape index (κ3) is 19.2. The van der Waals surface area contributed by atoms with Gasteiger partial charge in [0.15, 0.2) is 0 Å². The number of carboxylic acid groups (broad SMARTS) is 2. The van der Waals surface area contributed by atoms with Crippen molar-refractivity contribution in [3.63, 3.8) is 0 Å². The Kier molecular flexibility index (Phi) is 23.3. The Hall–Kier alpha value is -0.0100. The highest BCUT2D eigenvalue weighted by atomic mass is 33.1. The summed E-state index contributed by atoms with van der Waals surface area (Å²) in [4.78, 5) is 20.5. The summed E-state index contributed by atoms with van der Waals surface area (Å²) in [5.41, 5.74) is 10.4. The predicted molar refractivity (Wildman–Crippen MR) is 142 cm³/mol. The highest BCUT2D eigenvalue weighted by molar-refractivity contribution is 8.76. The van der Waals surface area contributed by atoms with Gasteiger partial charge in [-0.05, 0) is 25.7 Å². The first-order chi connectivity index (χ1) is 14.7. The fraction of sp³-hybridized carbons (Fsp3) is 0.909. The van der Waals surface area contributed by atoms with Crippen molar-refractivity contribution in [1.82, 2.24) is 0 Å². The Bertz CT molecular complexity index is 400. The lowest BCUT2D eigenvalue weighted by Gasteiger charge is -2.28. The Morgan fingerprint density at radius 2 is 0.935 bits per heavy atom. The summed E-state index contributed by atoms with van der Waals surface area (Å²) in [5, 5.41) is 16.8. The SMILES string of the molecule is CCCC[P+](CCCC)(CCCC)CCCC.N[C@@H](CSSC[C@H](N)C(=O)O)C(=O)O. The highest BCUT2D eigenvalue weighted by Gasteiger charge is 2.34. The smallest absolute Gasteiger partial charge is 0.321 e. The van der Waals surface area contributed by atoms with Gasteiger partial charge in [-0.25, -0.2) is 0 Å². The van der Waals surface area contributed by atoms with Crippen LogP contribution in [-0.4, -0.2) is 70.4 Å². The van der Waals surface area contributed by atoms with Crippen LogP contribution < -0.4 is 11.5 Å². The van der Waals surface area contributed by atoms with Crippen molar-refractivity contribution >= 4 is 40.8 Å². The standard InChI is InChI=1S/C16H36P.C6H12N2O4S2/c1-5-9-13-17(14-10-6-2,15-11-7-3)16-12-8-4;7-3(5(9)10)1-13-14-2-4(8)6(11)12/h5-16H2,1-4H3;3-4H,1-2,7-8H2,(H,9,10)(H,11,12)/q+1;/t;3-,4-/m.0/s1. The van der Waals surface area contributed by atoms with Gasteiger partial charge in [0, 0.05) is 18.8 Å². The van der Waals surface area contributed by atoms with Gasteiger partial charge < -0.3 is 21.7 Å². The van der Waals surface area contributed by atoms with E-state index >= 15 is 0 Å². The van der Waals surface area contributed by atoms with Crippen LogP contribution in [0.4, 0.5) is 0 Å². The molecule has 2 atom stereocenters. The van der Waals surface area contributed by atoms with E-state index in [4.69, 9.17) is 21.7 Å². The van der Waals surface area contributed by atoms with Crippen molar-refractivity contribution in [3.05, 3.63) is 0 Å². The van der Waals surface area contributed by atoms with E-state index in [2.05, 4.69) is 27.7 Å². The van der Waals surface area contributed by atoms with E-state index < -0.39 is 31.3 Å². The first-order valence-corrected chi connectivity index (χ1v) is 16.8. The summed E-state index contributed by atoms with van der Waals surface area (Å²) < 4.78 is 0. The molecule has 0 saturated carbocycles. The van der Waals surface area contributed by atoms with Crippen LogP contribution in [-0.2, 0) is 9.59 Å². The molecule has 0 rings (SSSR count). The van der Waals surface area contributed by atoms with Crippen LogP contribution in [0.15, 0.2) is 0 Å². The molecule has 0 aromatic heterocycles. The number of unbranched alkanes of at least 4 members (excludes halogenated alkanes) is 4. The molecule has 6 N–H and O–H groups in total. The van der Waals surface area contributed by atoms with Crippen LogP contribution in [0.3, 0.4) is 0 Å². The van der Waals surface area contributed by atoms with Gasteiger partial charge in [0.2, 0.25) is 0 Å². The van der Waals surface area contributed by atoms with Crippen LogP contribution in [0.2, 0.25) is 0 Å². The molecular formula is C22H48N2O4PS2+.